The van der Waals surface area contributed by atoms with Crippen LogP contribution in [0.1, 0.15) is 68.7 Å². The molecule has 1 spiro atoms. The van der Waals surface area contributed by atoms with Crippen molar-refractivity contribution in [2.24, 2.45) is 0 Å². The molecule has 1 aromatic carbocycles. The van der Waals surface area contributed by atoms with Crippen LogP contribution in [0, 0.1) is 0 Å². The molecule has 3 fully saturated rings. The smallest absolute Gasteiger partial charge is 0.323 e. The SMILES string of the molecule is O=C1NC2(CCCCCCC2)C(=O)N1CN1CCCC(c2nc3ccccc3s2)C1. The molecular formula is C23H30N4O2S. The largest absolute Gasteiger partial charge is 0.326 e. The summed E-state index contributed by atoms with van der Waals surface area (Å²) in [5.41, 5.74) is 0.412. The highest BCUT2D eigenvalue weighted by Crippen LogP contribution is 2.35. The molecule has 1 N–H and O–H groups in total. The highest BCUT2D eigenvalue weighted by molar-refractivity contribution is 7.18. The van der Waals surface area contributed by atoms with E-state index in [0.29, 0.717) is 12.6 Å². The van der Waals surface area contributed by atoms with Gasteiger partial charge in [-0.1, -0.05) is 44.2 Å². The zero-order chi connectivity index (χ0) is 20.6. The van der Waals surface area contributed by atoms with Gasteiger partial charge < -0.3 is 5.32 Å². The molecule has 160 valence electrons. The number of urea groups is 1. The van der Waals surface area contributed by atoms with Crippen LogP contribution in [-0.4, -0.2) is 52.0 Å². The van der Waals surface area contributed by atoms with E-state index in [2.05, 4.69) is 28.4 Å². The molecule has 7 heteroatoms. The fourth-order valence-electron chi connectivity index (χ4n) is 5.30. The summed E-state index contributed by atoms with van der Waals surface area (Å²) in [5.74, 6) is 0.365. The minimum Gasteiger partial charge on any atom is -0.323 e. The molecule has 1 saturated carbocycles. The Bertz CT molecular complexity index is 901. The summed E-state index contributed by atoms with van der Waals surface area (Å²) >= 11 is 1.77. The number of carbonyl (C=O) groups is 2. The lowest BCUT2D eigenvalue weighted by Gasteiger charge is -2.34. The fourth-order valence-corrected chi connectivity index (χ4v) is 6.40. The number of fused-ring (bicyclic) bond motifs is 1. The minimum atomic E-state index is -0.653. The molecule has 1 aromatic heterocycles. The van der Waals surface area contributed by atoms with Crippen molar-refractivity contribution >= 4 is 33.5 Å². The van der Waals surface area contributed by atoms with Crippen LogP contribution in [0.25, 0.3) is 10.2 Å². The summed E-state index contributed by atoms with van der Waals surface area (Å²) in [7, 11) is 0. The van der Waals surface area contributed by atoms with E-state index in [4.69, 9.17) is 4.98 Å². The second-order valence-corrected chi connectivity index (χ2v) is 10.2. The molecule has 3 heterocycles. The van der Waals surface area contributed by atoms with Gasteiger partial charge in [-0.2, -0.15) is 0 Å². The first-order valence-electron chi connectivity index (χ1n) is 11.4. The Kier molecular flexibility index (Phi) is 5.50. The lowest BCUT2D eigenvalue weighted by Crippen LogP contribution is -2.49. The molecule has 30 heavy (non-hydrogen) atoms. The molecule has 3 aliphatic rings. The van der Waals surface area contributed by atoms with Crippen molar-refractivity contribution in [1.29, 1.82) is 0 Å². The summed E-state index contributed by atoms with van der Waals surface area (Å²) in [6.45, 7) is 2.17. The number of nitrogens with one attached hydrogen (secondary N) is 1. The predicted molar refractivity (Wildman–Crippen MR) is 118 cm³/mol. The number of nitrogens with zero attached hydrogens (tertiary/aromatic N) is 3. The van der Waals surface area contributed by atoms with Crippen molar-refractivity contribution in [3.63, 3.8) is 0 Å². The minimum absolute atomic E-state index is 0.00323. The Labute approximate surface area is 181 Å². The molecule has 0 radical (unpaired) electrons. The van der Waals surface area contributed by atoms with Crippen LogP contribution in [0.3, 0.4) is 0 Å². The third kappa shape index (κ3) is 3.73. The van der Waals surface area contributed by atoms with E-state index in [-0.39, 0.29) is 11.9 Å². The predicted octanol–water partition coefficient (Wildman–Crippen LogP) is 4.47. The maximum atomic E-state index is 13.3. The third-order valence-corrected chi connectivity index (χ3v) is 8.16. The van der Waals surface area contributed by atoms with Gasteiger partial charge in [-0.15, -0.1) is 11.3 Å². The molecule has 2 saturated heterocycles. The van der Waals surface area contributed by atoms with Gasteiger partial charge in [0.05, 0.1) is 21.9 Å². The number of amides is 3. The molecule has 2 aliphatic heterocycles. The van der Waals surface area contributed by atoms with Crippen molar-refractivity contribution in [2.75, 3.05) is 19.8 Å². The first-order chi connectivity index (χ1) is 14.6. The van der Waals surface area contributed by atoms with E-state index in [1.807, 2.05) is 6.07 Å². The Morgan fingerprint density at radius 2 is 1.83 bits per heavy atom. The van der Waals surface area contributed by atoms with Gasteiger partial charge in [0.25, 0.3) is 5.91 Å². The lowest BCUT2D eigenvalue weighted by atomic mass is 9.84. The number of thiazole rings is 1. The number of rotatable bonds is 3. The van der Waals surface area contributed by atoms with Crippen molar-refractivity contribution in [3.8, 4) is 0 Å². The van der Waals surface area contributed by atoms with Crippen LogP contribution in [-0.2, 0) is 4.79 Å². The van der Waals surface area contributed by atoms with Crippen LogP contribution in [0.15, 0.2) is 24.3 Å². The number of imide groups is 1. The van der Waals surface area contributed by atoms with E-state index in [0.717, 1.165) is 70.0 Å². The topological polar surface area (TPSA) is 65.5 Å². The zero-order valence-electron chi connectivity index (χ0n) is 17.4. The third-order valence-electron chi connectivity index (χ3n) is 6.96. The average Bonchev–Trinajstić information content (AvgIpc) is 3.27. The number of para-hydroxylation sites is 1. The Hall–Kier alpha value is -1.99. The van der Waals surface area contributed by atoms with Crippen molar-refractivity contribution in [2.45, 2.75) is 69.2 Å². The van der Waals surface area contributed by atoms with Crippen LogP contribution in [0.5, 0.6) is 0 Å². The maximum Gasteiger partial charge on any atom is 0.326 e. The van der Waals surface area contributed by atoms with Crippen LogP contribution in [0.4, 0.5) is 4.79 Å². The van der Waals surface area contributed by atoms with Gasteiger partial charge in [0.2, 0.25) is 0 Å². The van der Waals surface area contributed by atoms with E-state index >= 15 is 0 Å². The van der Waals surface area contributed by atoms with Gasteiger partial charge in [0.1, 0.15) is 5.54 Å². The van der Waals surface area contributed by atoms with Gasteiger partial charge in [0, 0.05) is 12.5 Å². The first kappa shape index (κ1) is 19.9. The van der Waals surface area contributed by atoms with Gasteiger partial charge in [-0.25, -0.2) is 14.7 Å². The number of hydrogen-bond donors (Lipinski definition) is 1. The summed E-state index contributed by atoms with van der Waals surface area (Å²) in [6.07, 6.45) is 9.32. The molecule has 0 bridgehead atoms. The first-order valence-corrected chi connectivity index (χ1v) is 12.2. The molecule has 1 atom stereocenters. The van der Waals surface area contributed by atoms with Crippen molar-refractivity contribution in [1.82, 2.24) is 20.1 Å². The number of piperidine rings is 1. The Balaban J connectivity index is 1.28. The fraction of sp³-hybridized carbons (Fsp3) is 0.609. The number of likely N-dealkylation sites (tertiary alicyclic amines) is 1. The van der Waals surface area contributed by atoms with E-state index in [1.165, 1.54) is 21.0 Å². The molecule has 6 nitrogen and oxygen atoms in total. The van der Waals surface area contributed by atoms with E-state index in [9.17, 15) is 9.59 Å². The van der Waals surface area contributed by atoms with Crippen LogP contribution < -0.4 is 5.32 Å². The van der Waals surface area contributed by atoms with Crippen molar-refractivity contribution in [3.05, 3.63) is 29.3 Å². The zero-order valence-corrected chi connectivity index (χ0v) is 18.3. The summed E-state index contributed by atoms with van der Waals surface area (Å²) < 4.78 is 1.23. The van der Waals surface area contributed by atoms with E-state index in [1.54, 1.807) is 11.3 Å². The van der Waals surface area contributed by atoms with Crippen molar-refractivity contribution < 1.29 is 9.59 Å². The molecule has 1 unspecified atom stereocenters. The summed E-state index contributed by atoms with van der Waals surface area (Å²) in [4.78, 5) is 34.7. The quantitative estimate of drug-likeness (QED) is 0.736. The number of carbonyl (C=O) groups excluding carboxylic acids is 2. The molecule has 3 amide bonds. The second kappa shape index (κ2) is 8.27. The number of benzene rings is 1. The van der Waals surface area contributed by atoms with E-state index < -0.39 is 5.54 Å². The van der Waals surface area contributed by atoms with Gasteiger partial charge in [0.15, 0.2) is 0 Å². The molecule has 2 aromatic rings. The van der Waals surface area contributed by atoms with Gasteiger partial charge in [-0.3, -0.25) is 9.69 Å². The number of hydrogen-bond acceptors (Lipinski definition) is 5. The summed E-state index contributed by atoms with van der Waals surface area (Å²) in [6, 6.07) is 8.07. The average molecular weight is 427 g/mol. The maximum absolute atomic E-state index is 13.3. The monoisotopic (exact) mass is 426 g/mol. The second-order valence-electron chi connectivity index (χ2n) is 9.09. The highest BCUT2D eigenvalue weighted by Gasteiger charge is 2.50. The molecular weight excluding hydrogens is 396 g/mol. The number of aromatic nitrogens is 1. The Morgan fingerprint density at radius 1 is 1.07 bits per heavy atom. The van der Waals surface area contributed by atoms with Crippen LogP contribution in [0.2, 0.25) is 0 Å². The van der Waals surface area contributed by atoms with Crippen LogP contribution >= 0.6 is 11.3 Å². The van der Waals surface area contributed by atoms with Gasteiger partial charge >= 0.3 is 6.03 Å². The standard InChI is InChI=1S/C23H30N4O2S/c28-21-23(12-6-2-1-3-7-13-23)25-22(29)27(21)16-26-14-8-9-17(15-26)20-24-18-10-4-5-11-19(18)30-20/h4-5,10-11,17H,1-3,6-9,12-16H2,(H,25,29). The molecule has 1 aliphatic carbocycles. The lowest BCUT2D eigenvalue weighted by molar-refractivity contribution is -0.133. The normalized spacial score (nSPS) is 25.5. The molecule has 5 rings (SSSR count). The Morgan fingerprint density at radius 3 is 2.63 bits per heavy atom. The van der Waals surface area contributed by atoms with Gasteiger partial charge in [-0.05, 0) is 44.4 Å². The highest BCUT2D eigenvalue weighted by atomic mass is 32.1. The summed E-state index contributed by atoms with van der Waals surface area (Å²) in [5, 5.41) is 4.26.